The van der Waals surface area contributed by atoms with E-state index in [1.54, 1.807) is 14.2 Å². The molecule has 0 amide bonds. The molecule has 3 nitrogen and oxygen atoms in total. The molecular weight excluding hydrogens is 190 g/mol. The smallest absolute Gasteiger partial charge is 0.130 e. The van der Waals surface area contributed by atoms with Gasteiger partial charge in [-0.15, -0.1) is 0 Å². The lowest BCUT2D eigenvalue weighted by molar-refractivity contribution is 0.382. The average Bonchev–Trinajstić information content (AvgIpc) is 2.27. The molecule has 0 spiro atoms. The van der Waals surface area contributed by atoms with Crippen LogP contribution in [0, 0.1) is 6.92 Å². The van der Waals surface area contributed by atoms with Crippen LogP contribution in [0.1, 0.15) is 24.1 Å². The fraction of sp³-hybridized carbons (Fsp3) is 0.500. The zero-order valence-corrected chi connectivity index (χ0v) is 10.0. The molecule has 1 rings (SSSR count). The van der Waals surface area contributed by atoms with Crippen LogP contribution in [0.15, 0.2) is 12.1 Å². The van der Waals surface area contributed by atoms with E-state index in [4.69, 9.17) is 9.47 Å². The molecule has 0 aliphatic carbocycles. The summed E-state index contributed by atoms with van der Waals surface area (Å²) in [7, 11) is 5.29. The first-order valence-corrected chi connectivity index (χ1v) is 5.04. The summed E-state index contributed by atoms with van der Waals surface area (Å²) >= 11 is 0. The summed E-state index contributed by atoms with van der Waals surface area (Å²) in [6.07, 6.45) is 0. The number of nitrogens with one attached hydrogen (secondary N) is 1. The summed E-state index contributed by atoms with van der Waals surface area (Å²) in [5.41, 5.74) is 2.19. The third kappa shape index (κ3) is 2.23. The van der Waals surface area contributed by atoms with Crippen molar-refractivity contribution in [3.63, 3.8) is 0 Å². The van der Waals surface area contributed by atoms with Gasteiger partial charge in [0.05, 0.1) is 14.2 Å². The predicted octanol–water partition coefficient (Wildman–Crippen LogP) is 2.29. The largest absolute Gasteiger partial charge is 0.496 e. The van der Waals surface area contributed by atoms with Crippen LogP contribution < -0.4 is 14.8 Å². The van der Waals surface area contributed by atoms with Crippen LogP contribution in [0.5, 0.6) is 11.5 Å². The Morgan fingerprint density at radius 1 is 1.20 bits per heavy atom. The van der Waals surface area contributed by atoms with Crippen LogP contribution in [0.2, 0.25) is 0 Å². The van der Waals surface area contributed by atoms with Gasteiger partial charge in [0.2, 0.25) is 0 Å². The van der Waals surface area contributed by atoms with Crippen LogP contribution in [-0.4, -0.2) is 21.3 Å². The highest BCUT2D eigenvalue weighted by Gasteiger charge is 2.14. The third-order valence-electron chi connectivity index (χ3n) is 2.71. The average molecular weight is 209 g/mol. The van der Waals surface area contributed by atoms with E-state index < -0.39 is 0 Å². The second kappa shape index (κ2) is 5.03. The molecule has 1 unspecified atom stereocenters. The Labute approximate surface area is 91.4 Å². The predicted molar refractivity (Wildman–Crippen MR) is 61.8 cm³/mol. The van der Waals surface area contributed by atoms with Gasteiger partial charge in [-0.25, -0.2) is 0 Å². The summed E-state index contributed by atoms with van der Waals surface area (Å²) in [5.74, 6) is 1.76. The van der Waals surface area contributed by atoms with Gasteiger partial charge >= 0.3 is 0 Å². The van der Waals surface area contributed by atoms with E-state index in [2.05, 4.69) is 12.2 Å². The Hall–Kier alpha value is -1.22. The van der Waals surface area contributed by atoms with Gasteiger partial charge in [0.25, 0.3) is 0 Å². The SMILES string of the molecule is CNC(C)c1ccc(OC)c(C)c1OC. The van der Waals surface area contributed by atoms with Gasteiger partial charge < -0.3 is 14.8 Å². The van der Waals surface area contributed by atoms with Gasteiger partial charge in [-0.1, -0.05) is 6.07 Å². The molecule has 0 bridgehead atoms. The zero-order valence-electron chi connectivity index (χ0n) is 10.0. The Morgan fingerprint density at radius 2 is 1.87 bits per heavy atom. The van der Waals surface area contributed by atoms with E-state index >= 15 is 0 Å². The molecule has 0 saturated heterocycles. The van der Waals surface area contributed by atoms with E-state index in [1.807, 2.05) is 26.1 Å². The third-order valence-corrected chi connectivity index (χ3v) is 2.71. The topological polar surface area (TPSA) is 30.5 Å². The lowest BCUT2D eigenvalue weighted by Crippen LogP contribution is -2.14. The van der Waals surface area contributed by atoms with E-state index in [1.165, 1.54) is 0 Å². The van der Waals surface area contributed by atoms with Crippen molar-refractivity contribution in [3.8, 4) is 11.5 Å². The van der Waals surface area contributed by atoms with Crippen molar-refractivity contribution >= 4 is 0 Å². The van der Waals surface area contributed by atoms with E-state index in [0.717, 1.165) is 22.6 Å². The number of rotatable bonds is 4. The Morgan fingerprint density at radius 3 is 2.33 bits per heavy atom. The maximum absolute atomic E-state index is 5.42. The maximum atomic E-state index is 5.42. The summed E-state index contributed by atoms with van der Waals surface area (Å²) in [4.78, 5) is 0. The van der Waals surface area contributed by atoms with Crippen LogP contribution in [-0.2, 0) is 0 Å². The molecule has 15 heavy (non-hydrogen) atoms. The van der Waals surface area contributed by atoms with Crippen molar-refractivity contribution in [3.05, 3.63) is 23.3 Å². The second-order valence-corrected chi connectivity index (χ2v) is 3.53. The highest BCUT2D eigenvalue weighted by Crippen LogP contribution is 2.34. The van der Waals surface area contributed by atoms with E-state index in [0.29, 0.717) is 0 Å². The van der Waals surface area contributed by atoms with E-state index in [9.17, 15) is 0 Å². The van der Waals surface area contributed by atoms with Crippen LogP contribution >= 0.6 is 0 Å². The molecular formula is C12H19NO2. The van der Waals surface area contributed by atoms with Gasteiger partial charge in [0.15, 0.2) is 0 Å². The first-order valence-electron chi connectivity index (χ1n) is 5.04. The number of methoxy groups -OCH3 is 2. The van der Waals surface area contributed by atoms with Crippen molar-refractivity contribution in [1.29, 1.82) is 0 Å². The molecule has 0 aliphatic heterocycles. The highest BCUT2D eigenvalue weighted by atomic mass is 16.5. The minimum atomic E-state index is 0.268. The minimum absolute atomic E-state index is 0.268. The number of hydrogen-bond donors (Lipinski definition) is 1. The van der Waals surface area contributed by atoms with Crippen molar-refractivity contribution in [2.45, 2.75) is 19.9 Å². The summed E-state index contributed by atoms with van der Waals surface area (Å²) in [6, 6.07) is 4.27. The molecule has 0 saturated carbocycles. The summed E-state index contributed by atoms with van der Waals surface area (Å²) in [6.45, 7) is 4.10. The van der Waals surface area contributed by atoms with Gasteiger partial charge in [0.1, 0.15) is 11.5 Å². The molecule has 0 aromatic heterocycles. The van der Waals surface area contributed by atoms with Gasteiger partial charge in [-0.05, 0) is 27.0 Å². The van der Waals surface area contributed by atoms with E-state index in [-0.39, 0.29) is 6.04 Å². The Bertz CT molecular complexity index is 337. The van der Waals surface area contributed by atoms with Crippen molar-refractivity contribution < 1.29 is 9.47 Å². The number of hydrogen-bond acceptors (Lipinski definition) is 3. The number of ether oxygens (including phenoxy) is 2. The minimum Gasteiger partial charge on any atom is -0.496 e. The van der Waals surface area contributed by atoms with Gasteiger partial charge in [-0.3, -0.25) is 0 Å². The van der Waals surface area contributed by atoms with Gasteiger partial charge in [0, 0.05) is 17.2 Å². The monoisotopic (exact) mass is 209 g/mol. The maximum Gasteiger partial charge on any atom is 0.130 e. The lowest BCUT2D eigenvalue weighted by atomic mass is 10.0. The molecule has 3 heteroatoms. The summed E-state index contributed by atoms with van der Waals surface area (Å²) in [5, 5.41) is 3.20. The molecule has 1 aromatic carbocycles. The molecule has 1 atom stereocenters. The number of benzene rings is 1. The fourth-order valence-corrected chi connectivity index (χ4v) is 1.68. The highest BCUT2D eigenvalue weighted by molar-refractivity contribution is 5.50. The normalized spacial score (nSPS) is 12.3. The second-order valence-electron chi connectivity index (χ2n) is 3.53. The first kappa shape index (κ1) is 11.9. The fourth-order valence-electron chi connectivity index (χ4n) is 1.68. The molecule has 0 aliphatic rings. The van der Waals surface area contributed by atoms with Crippen molar-refractivity contribution in [2.75, 3.05) is 21.3 Å². The van der Waals surface area contributed by atoms with Crippen LogP contribution in [0.3, 0.4) is 0 Å². The molecule has 1 aromatic rings. The zero-order chi connectivity index (χ0) is 11.4. The standard InChI is InChI=1S/C12H19NO2/c1-8-11(14-4)7-6-10(9(2)13-3)12(8)15-5/h6-7,9,13H,1-5H3. The Kier molecular flexibility index (Phi) is 3.97. The first-order chi connectivity index (χ1) is 7.15. The van der Waals surface area contributed by atoms with Crippen molar-refractivity contribution in [1.82, 2.24) is 5.32 Å². The quantitative estimate of drug-likeness (QED) is 0.825. The molecule has 0 radical (unpaired) electrons. The van der Waals surface area contributed by atoms with Gasteiger partial charge in [-0.2, -0.15) is 0 Å². The molecule has 1 N–H and O–H groups in total. The molecule has 0 heterocycles. The summed E-state index contributed by atoms with van der Waals surface area (Å²) < 4.78 is 10.7. The Balaban J connectivity index is 3.24. The molecule has 84 valence electrons. The molecule has 0 fully saturated rings. The van der Waals surface area contributed by atoms with Crippen LogP contribution in [0.25, 0.3) is 0 Å². The van der Waals surface area contributed by atoms with Crippen LogP contribution in [0.4, 0.5) is 0 Å². The van der Waals surface area contributed by atoms with Crippen molar-refractivity contribution in [2.24, 2.45) is 0 Å². The lowest BCUT2D eigenvalue weighted by Gasteiger charge is -2.18.